The van der Waals surface area contributed by atoms with Crippen molar-refractivity contribution in [1.29, 1.82) is 0 Å². The number of aryl methyl sites for hydroxylation is 2. The monoisotopic (exact) mass is 288 g/mol. The number of rotatable bonds is 2. The van der Waals surface area contributed by atoms with Crippen LogP contribution in [0.1, 0.15) is 53.0 Å². The molecule has 0 bridgehead atoms. The van der Waals surface area contributed by atoms with Gasteiger partial charge in [-0.3, -0.25) is 0 Å². The molecule has 0 saturated heterocycles. The first kappa shape index (κ1) is 16.2. The van der Waals surface area contributed by atoms with Crippen LogP contribution < -0.4 is 0 Å². The Labute approximate surface area is 116 Å². The molecule has 110 valence electrons. The van der Waals surface area contributed by atoms with Gasteiger partial charge in [-0.15, -0.1) is 0 Å². The first-order valence-electron chi connectivity index (χ1n) is 6.28. The Morgan fingerprint density at radius 1 is 1.00 bits per heavy atom. The second-order valence-corrected chi connectivity index (χ2v) is 8.49. The molecule has 0 saturated carbocycles. The van der Waals surface area contributed by atoms with Gasteiger partial charge in [-0.1, -0.05) is 5.16 Å². The molecule has 0 aromatic carbocycles. The first-order chi connectivity index (χ1) is 8.29. The summed E-state index contributed by atoms with van der Waals surface area (Å²) in [6, 6.07) is 0. The van der Waals surface area contributed by atoms with Gasteiger partial charge in [-0.05, 0) is 55.4 Å². The maximum Gasteiger partial charge on any atom is 0.249 e. The highest BCUT2D eigenvalue weighted by atomic mass is 32.2. The van der Waals surface area contributed by atoms with Gasteiger partial charge < -0.3 is 4.52 Å². The summed E-state index contributed by atoms with van der Waals surface area (Å²) in [4.78, 5) is 0.178. The molecule has 1 aromatic rings. The number of nitrogens with zero attached hydrogens (tertiary/aromatic N) is 2. The normalized spacial score (nSPS) is 14.2. The standard InChI is InChI=1S/C13H24N2O3S/c1-9-11(10(2)18-14-9)19(16,17)15(12(3,4)5)13(6,7)8/h1-8H3. The molecule has 0 amide bonds. The SMILES string of the molecule is Cc1noc(C)c1S(=O)(=O)N(C(C)(C)C)C(C)(C)C. The van der Waals surface area contributed by atoms with E-state index in [1.54, 1.807) is 13.8 Å². The fraction of sp³-hybridized carbons (Fsp3) is 0.769. The van der Waals surface area contributed by atoms with Crippen LogP contribution in [0.4, 0.5) is 0 Å². The molecule has 0 fully saturated rings. The Hall–Kier alpha value is -0.880. The van der Waals surface area contributed by atoms with E-state index in [0.29, 0.717) is 11.5 Å². The quantitative estimate of drug-likeness (QED) is 0.839. The zero-order chi connectivity index (χ0) is 15.2. The van der Waals surface area contributed by atoms with Crippen LogP contribution in [0.2, 0.25) is 0 Å². The van der Waals surface area contributed by atoms with E-state index in [2.05, 4.69) is 5.16 Å². The van der Waals surface area contributed by atoms with Crippen molar-refractivity contribution >= 4 is 10.0 Å². The Bertz CT molecular complexity index is 526. The number of hydrogen-bond donors (Lipinski definition) is 0. The zero-order valence-electron chi connectivity index (χ0n) is 13.0. The molecule has 0 aliphatic carbocycles. The molecule has 0 N–H and O–H groups in total. The van der Waals surface area contributed by atoms with Gasteiger partial charge in [-0.2, -0.15) is 4.31 Å². The van der Waals surface area contributed by atoms with E-state index in [4.69, 9.17) is 4.52 Å². The number of sulfonamides is 1. The Morgan fingerprint density at radius 3 is 1.68 bits per heavy atom. The summed E-state index contributed by atoms with van der Waals surface area (Å²) >= 11 is 0. The summed E-state index contributed by atoms with van der Waals surface area (Å²) in [5.74, 6) is 0.330. The van der Waals surface area contributed by atoms with E-state index in [1.165, 1.54) is 4.31 Å². The Balaban J connectivity index is 3.56. The summed E-state index contributed by atoms with van der Waals surface area (Å²) in [5.41, 5.74) is -0.670. The molecule has 0 aliphatic heterocycles. The lowest BCUT2D eigenvalue weighted by molar-refractivity contribution is 0.139. The predicted octanol–water partition coefficient (Wildman–Crippen LogP) is 2.88. The third-order valence-electron chi connectivity index (χ3n) is 2.68. The van der Waals surface area contributed by atoms with Crippen molar-refractivity contribution in [2.75, 3.05) is 0 Å². The highest BCUT2D eigenvalue weighted by Gasteiger charge is 2.44. The molecule has 1 rings (SSSR count). The second-order valence-electron chi connectivity index (χ2n) is 6.76. The third kappa shape index (κ3) is 3.00. The molecule has 19 heavy (non-hydrogen) atoms. The maximum absolute atomic E-state index is 13.0. The van der Waals surface area contributed by atoms with Gasteiger partial charge in [0.1, 0.15) is 10.6 Å². The van der Waals surface area contributed by atoms with Crippen LogP contribution in [0.3, 0.4) is 0 Å². The lowest BCUT2D eigenvalue weighted by Crippen LogP contribution is -2.55. The van der Waals surface area contributed by atoms with Crippen molar-refractivity contribution < 1.29 is 12.9 Å². The summed E-state index contributed by atoms with van der Waals surface area (Å²) in [7, 11) is -3.66. The average Bonchev–Trinajstić information content (AvgIpc) is 2.39. The minimum Gasteiger partial charge on any atom is -0.360 e. The van der Waals surface area contributed by atoms with Crippen LogP contribution in [0.5, 0.6) is 0 Å². The highest BCUT2D eigenvalue weighted by molar-refractivity contribution is 7.89. The largest absolute Gasteiger partial charge is 0.360 e. The lowest BCUT2D eigenvalue weighted by Gasteiger charge is -2.43. The molecule has 0 aliphatic rings. The Morgan fingerprint density at radius 2 is 1.42 bits per heavy atom. The van der Waals surface area contributed by atoms with Gasteiger partial charge in [0.15, 0.2) is 5.76 Å². The van der Waals surface area contributed by atoms with Crippen molar-refractivity contribution in [3.8, 4) is 0 Å². The van der Waals surface area contributed by atoms with Gasteiger partial charge in [0.25, 0.3) is 0 Å². The lowest BCUT2D eigenvalue weighted by atomic mass is 10.0. The van der Waals surface area contributed by atoms with Crippen LogP contribution in [0.15, 0.2) is 9.42 Å². The van der Waals surface area contributed by atoms with E-state index < -0.39 is 21.1 Å². The van der Waals surface area contributed by atoms with Crippen LogP contribution >= 0.6 is 0 Å². The number of aromatic nitrogens is 1. The van der Waals surface area contributed by atoms with Crippen molar-refractivity contribution in [2.24, 2.45) is 0 Å². The van der Waals surface area contributed by atoms with Crippen molar-refractivity contribution in [3.63, 3.8) is 0 Å². The number of hydrogen-bond acceptors (Lipinski definition) is 4. The molecular formula is C13H24N2O3S. The summed E-state index contributed by atoms with van der Waals surface area (Å²) in [6.07, 6.45) is 0. The van der Waals surface area contributed by atoms with E-state index in [-0.39, 0.29) is 4.90 Å². The molecule has 6 heteroatoms. The van der Waals surface area contributed by atoms with Gasteiger partial charge >= 0.3 is 0 Å². The minimum absolute atomic E-state index is 0.178. The Kier molecular flexibility index (Phi) is 3.91. The minimum atomic E-state index is -3.66. The van der Waals surface area contributed by atoms with E-state index >= 15 is 0 Å². The zero-order valence-corrected chi connectivity index (χ0v) is 13.8. The molecule has 0 spiro atoms. The van der Waals surface area contributed by atoms with Crippen molar-refractivity contribution in [3.05, 3.63) is 11.5 Å². The molecule has 0 unspecified atom stereocenters. The van der Waals surface area contributed by atoms with Gasteiger partial charge in [0, 0.05) is 11.1 Å². The summed E-state index contributed by atoms with van der Waals surface area (Å²) < 4.78 is 32.4. The van der Waals surface area contributed by atoms with Crippen molar-refractivity contribution in [2.45, 2.75) is 71.4 Å². The molecule has 0 atom stereocenters. The van der Waals surface area contributed by atoms with Crippen LogP contribution in [-0.2, 0) is 10.0 Å². The van der Waals surface area contributed by atoms with Crippen molar-refractivity contribution in [1.82, 2.24) is 9.46 Å². The fourth-order valence-electron chi connectivity index (χ4n) is 2.66. The van der Waals surface area contributed by atoms with Gasteiger partial charge in [0.2, 0.25) is 10.0 Å². The van der Waals surface area contributed by atoms with Gasteiger partial charge in [0.05, 0.1) is 0 Å². The summed E-state index contributed by atoms with van der Waals surface area (Å²) in [5, 5.41) is 3.75. The van der Waals surface area contributed by atoms with E-state index in [1.807, 2.05) is 41.5 Å². The average molecular weight is 288 g/mol. The molecule has 5 nitrogen and oxygen atoms in total. The van der Waals surface area contributed by atoms with Crippen LogP contribution in [0, 0.1) is 13.8 Å². The first-order valence-corrected chi connectivity index (χ1v) is 7.72. The molecule has 1 aromatic heterocycles. The highest BCUT2D eigenvalue weighted by Crippen LogP contribution is 2.34. The topological polar surface area (TPSA) is 63.4 Å². The molecule has 1 heterocycles. The smallest absolute Gasteiger partial charge is 0.249 e. The maximum atomic E-state index is 13.0. The van der Waals surface area contributed by atoms with E-state index in [9.17, 15) is 8.42 Å². The summed E-state index contributed by atoms with van der Waals surface area (Å²) in [6.45, 7) is 14.6. The van der Waals surface area contributed by atoms with Gasteiger partial charge in [-0.25, -0.2) is 8.42 Å². The predicted molar refractivity (Wildman–Crippen MR) is 74.5 cm³/mol. The second kappa shape index (κ2) is 4.59. The van der Waals surface area contributed by atoms with Crippen LogP contribution in [0.25, 0.3) is 0 Å². The van der Waals surface area contributed by atoms with Crippen LogP contribution in [-0.4, -0.2) is 29.0 Å². The van der Waals surface area contributed by atoms with E-state index in [0.717, 1.165) is 0 Å². The fourth-order valence-corrected chi connectivity index (χ4v) is 5.10. The molecule has 0 radical (unpaired) electrons. The molecular weight excluding hydrogens is 264 g/mol. The third-order valence-corrected chi connectivity index (χ3v) is 5.36.